The molecule has 0 aliphatic rings. The molecule has 0 bridgehead atoms. The molecule has 4 nitrogen and oxygen atoms in total. The van der Waals surface area contributed by atoms with Gasteiger partial charge in [0.25, 0.3) is 5.91 Å². The lowest BCUT2D eigenvalue weighted by Crippen LogP contribution is -2.15. The lowest BCUT2D eigenvalue weighted by Gasteiger charge is -2.15. The van der Waals surface area contributed by atoms with Crippen molar-refractivity contribution < 1.29 is 9.32 Å². The highest BCUT2D eigenvalue weighted by Crippen LogP contribution is 2.27. The quantitative estimate of drug-likeness (QED) is 0.913. The summed E-state index contributed by atoms with van der Waals surface area (Å²) in [6.07, 6.45) is 1.03. The largest absolute Gasteiger partial charge is 0.361 e. The highest BCUT2D eigenvalue weighted by molar-refractivity contribution is 6.06. The summed E-state index contributed by atoms with van der Waals surface area (Å²) in [7, 11) is 0. The third-order valence-electron chi connectivity index (χ3n) is 3.61. The smallest absolute Gasteiger partial charge is 0.261 e. The van der Waals surface area contributed by atoms with Crippen LogP contribution in [0.15, 0.2) is 28.8 Å². The number of carbonyl (C=O) groups is 1. The first-order valence-corrected chi connectivity index (χ1v) is 6.87. The summed E-state index contributed by atoms with van der Waals surface area (Å²) >= 11 is 0. The normalized spacial score (nSPS) is 12.2. The summed E-state index contributed by atoms with van der Waals surface area (Å²) in [5.74, 6) is 0.772. The Bertz CT molecular complexity index is 597. The molecule has 0 unspecified atom stereocenters. The Kier molecular flexibility index (Phi) is 4.23. The van der Waals surface area contributed by atoms with Gasteiger partial charge in [-0.05, 0) is 37.8 Å². The first-order valence-electron chi connectivity index (χ1n) is 6.87. The average Bonchev–Trinajstić information content (AvgIpc) is 2.78. The maximum atomic E-state index is 12.4. The van der Waals surface area contributed by atoms with E-state index in [0.29, 0.717) is 22.9 Å². The fourth-order valence-corrected chi connectivity index (χ4v) is 2.25. The SMILES string of the molecule is CC[C@H](C)c1ccccc1NC(=O)c1c(C)noc1C. The van der Waals surface area contributed by atoms with Crippen molar-refractivity contribution in [3.05, 3.63) is 46.8 Å². The van der Waals surface area contributed by atoms with Gasteiger partial charge in [0.15, 0.2) is 0 Å². The predicted octanol–water partition coefficient (Wildman–Crippen LogP) is 4.06. The van der Waals surface area contributed by atoms with E-state index in [1.807, 2.05) is 18.2 Å². The van der Waals surface area contributed by atoms with Crippen molar-refractivity contribution in [1.29, 1.82) is 0 Å². The van der Waals surface area contributed by atoms with Gasteiger partial charge >= 0.3 is 0 Å². The molecule has 106 valence electrons. The number of carbonyl (C=O) groups excluding carboxylic acids is 1. The fraction of sp³-hybridized carbons (Fsp3) is 0.375. The summed E-state index contributed by atoms with van der Waals surface area (Å²) < 4.78 is 5.04. The van der Waals surface area contributed by atoms with Gasteiger partial charge in [0.1, 0.15) is 11.3 Å². The first kappa shape index (κ1) is 14.3. The zero-order valence-electron chi connectivity index (χ0n) is 12.4. The van der Waals surface area contributed by atoms with Crippen LogP contribution in [0.4, 0.5) is 5.69 Å². The molecule has 0 fully saturated rings. The summed E-state index contributed by atoms with van der Waals surface area (Å²) in [6.45, 7) is 7.81. The van der Waals surface area contributed by atoms with E-state index in [1.54, 1.807) is 13.8 Å². The molecule has 1 atom stereocenters. The van der Waals surface area contributed by atoms with E-state index >= 15 is 0 Å². The second-order valence-corrected chi connectivity index (χ2v) is 5.05. The minimum Gasteiger partial charge on any atom is -0.361 e. The van der Waals surface area contributed by atoms with Crippen molar-refractivity contribution in [3.63, 3.8) is 0 Å². The van der Waals surface area contributed by atoms with Crippen LogP contribution in [0, 0.1) is 13.8 Å². The predicted molar refractivity (Wildman–Crippen MR) is 79.1 cm³/mol. The molecule has 1 amide bonds. The molecular formula is C16H20N2O2. The van der Waals surface area contributed by atoms with E-state index in [-0.39, 0.29) is 5.91 Å². The molecule has 0 saturated heterocycles. The van der Waals surface area contributed by atoms with Crippen molar-refractivity contribution in [2.75, 3.05) is 5.32 Å². The number of amides is 1. The summed E-state index contributed by atoms with van der Waals surface area (Å²) in [5.41, 5.74) is 3.13. The first-order chi connectivity index (χ1) is 9.54. The van der Waals surface area contributed by atoms with Gasteiger partial charge in [-0.15, -0.1) is 0 Å². The van der Waals surface area contributed by atoms with Gasteiger partial charge < -0.3 is 9.84 Å². The second kappa shape index (κ2) is 5.90. The number of rotatable bonds is 4. The van der Waals surface area contributed by atoms with Gasteiger partial charge in [0, 0.05) is 5.69 Å². The van der Waals surface area contributed by atoms with Gasteiger partial charge in [0.2, 0.25) is 0 Å². The van der Waals surface area contributed by atoms with Crippen LogP contribution in [-0.4, -0.2) is 11.1 Å². The van der Waals surface area contributed by atoms with E-state index < -0.39 is 0 Å². The second-order valence-electron chi connectivity index (χ2n) is 5.05. The Hall–Kier alpha value is -2.10. The highest BCUT2D eigenvalue weighted by atomic mass is 16.5. The Morgan fingerprint density at radius 3 is 2.65 bits per heavy atom. The Morgan fingerprint density at radius 1 is 1.35 bits per heavy atom. The number of hydrogen-bond acceptors (Lipinski definition) is 3. The molecule has 1 aromatic carbocycles. The molecule has 1 N–H and O–H groups in total. The van der Waals surface area contributed by atoms with Crippen molar-refractivity contribution in [2.24, 2.45) is 0 Å². The maximum Gasteiger partial charge on any atom is 0.261 e. The number of aromatic nitrogens is 1. The molecule has 0 aliphatic heterocycles. The Labute approximate surface area is 119 Å². The molecule has 2 aromatic rings. The average molecular weight is 272 g/mol. The highest BCUT2D eigenvalue weighted by Gasteiger charge is 2.19. The number of benzene rings is 1. The van der Waals surface area contributed by atoms with Crippen LogP contribution in [0.5, 0.6) is 0 Å². The fourth-order valence-electron chi connectivity index (χ4n) is 2.25. The number of nitrogens with one attached hydrogen (secondary N) is 1. The lowest BCUT2D eigenvalue weighted by atomic mass is 9.96. The van der Waals surface area contributed by atoms with E-state index in [4.69, 9.17) is 4.52 Å². The molecule has 1 heterocycles. The van der Waals surface area contributed by atoms with Crippen LogP contribution in [0.25, 0.3) is 0 Å². The number of nitrogens with zero attached hydrogens (tertiary/aromatic N) is 1. The van der Waals surface area contributed by atoms with E-state index in [0.717, 1.165) is 17.7 Å². The third kappa shape index (κ3) is 2.74. The van der Waals surface area contributed by atoms with Crippen molar-refractivity contribution in [1.82, 2.24) is 5.16 Å². The minimum absolute atomic E-state index is 0.169. The van der Waals surface area contributed by atoms with Gasteiger partial charge in [-0.25, -0.2) is 0 Å². The summed E-state index contributed by atoms with van der Waals surface area (Å²) in [4.78, 5) is 12.4. The molecule has 2 rings (SSSR count). The summed E-state index contributed by atoms with van der Waals surface area (Å²) in [5, 5.41) is 6.79. The molecule has 1 aromatic heterocycles. The van der Waals surface area contributed by atoms with Crippen molar-refractivity contribution >= 4 is 11.6 Å². The minimum atomic E-state index is -0.169. The van der Waals surface area contributed by atoms with Crippen LogP contribution in [0.1, 0.15) is 53.6 Å². The molecule has 0 saturated carbocycles. The van der Waals surface area contributed by atoms with Crippen LogP contribution in [-0.2, 0) is 0 Å². The number of aryl methyl sites for hydroxylation is 2. The zero-order chi connectivity index (χ0) is 14.7. The van der Waals surface area contributed by atoms with Crippen molar-refractivity contribution in [3.8, 4) is 0 Å². The zero-order valence-corrected chi connectivity index (χ0v) is 12.4. The topological polar surface area (TPSA) is 55.1 Å². The molecule has 0 spiro atoms. The maximum absolute atomic E-state index is 12.4. The molecule has 20 heavy (non-hydrogen) atoms. The monoisotopic (exact) mass is 272 g/mol. The van der Waals surface area contributed by atoms with Crippen LogP contribution in [0.3, 0.4) is 0 Å². The lowest BCUT2D eigenvalue weighted by molar-refractivity contribution is 0.102. The van der Waals surface area contributed by atoms with Crippen LogP contribution < -0.4 is 5.32 Å². The van der Waals surface area contributed by atoms with Gasteiger partial charge in [-0.3, -0.25) is 4.79 Å². The van der Waals surface area contributed by atoms with Gasteiger partial charge in [-0.2, -0.15) is 0 Å². The number of para-hydroxylation sites is 1. The number of anilines is 1. The number of hydrogen-bond donors (Lipinski definition) is 1. The Morgan fingerprint density at radius 2 is 2.05 bits per heavy atom. The Balaban J connectivity index is 2.29. The van der Waals surface area contributed by atoms with Gasteiger partial charge in [0.05, 0.1) is 5.69 Å². The van der Waals surface area contributed by atoms with Crippen LogP contribution >= 0.6 is 0 Å². The molecule has 4 heteroatoms. The molecular weight excluding hydrogens is 252 g/mol. The third-order valence-corrected chi connectivity index (χ3v) is 3.61. The summed E-state index contributed by atoms with van der Waals surface area (Å²) in [6, 6.07) is 7.90. The molecule has 0 aliphatic carbocycles. The molecule has 0 radical (unpaired) electrons. The van der Waals surface area contributed by atoms with E-state index in [2.05, 4.69) is 30.4 Å². The van der Waals surface area contributed by atoms with E-state index in [9.17, 15) is 4.79 Å². The van der Waals surface area contributed by atoms with Crippen molar-refractivity contribution in [2.45, 2.75) is 40.0 Å². The van der Waals surface area contributed by atoms with Crippen LogP contribution in [0.2, 0.25) is 0 Å². The standard InChI is InChI=1S/C16H20N2O2/c1-5-10(2)13-8-6-7-9-14(13)17-16(19)15-11(3)18-20-12(15)4/h6-10H,5H2,1-4H3,(H,17,19)/t10-/m0/s1. The van der Waals surface area contributed by atoms with E-state index in [1.165, 1.54) is 0 Å². The van der Waals surface area contributed by atoms with Gasteiger partial charge in [-0.1, -0.05) is 37.2 Å².